The number of hydrogen-bond acceptors (Lipinski definition) is 6. The minimum atomic E-state index is 0.0739. The maximum absolute atomic E-state index is 11.8. The van der Waals surface area contributed by atoms with Crippen molar-refractivity contribution in [3.8, 4) is 22.1 Å². The van der Waals surface area contributed by atoms with Crippen molar-refractivity contribution < 1.29 is 14.3 Å². The molecular formula is C17H23N3O3S. The Balaban J connectivity index is 2.12. The summed E-state index contributed by atoms with van der Waals surface area (Å²) in [5.74, 6) is 1.55. The van der Waals surface area contributed by atoms with Crippen LogP contribution in [0.25, 0.3) is 10.6 Å². The van der Waals surface area contributed by atoms with E-state index in [-0.39, 0.29) is 5.91 Å². The van der Waals surface area contributed by atoms with Crippen LogP contribution in [0.15, 0.2) is 23.6 Å². The van der Waals surface area contributed by atoms with E-state index in [9.17, 15) is 4.79 Å². The standard InChI is InChI=1S/C17H23N3O3S/c1-19(2)16(21)10-20(3)9-12-11-24-17(18-12)14-7-6-13(22-4)8-15(14)23-5/h6-8,11H,9-10H2,1-5H3. The van der Waals surface area contributed by atoms with Gasteiger partial charge in [-0.2, -0.15) is 0 Å². The highest BCUT2D eigenvalue weighted by Gasteiger charge is 2.14. The maximum atomic E-state index is 11.8. The number of carbonyl (C=O) groups excluding carboxylic acids is 1. The first-order chi connectivity index (χ1) is 11.4. The lowest BCUT2D eigenvalue weighted by Gasteiger charge is -2.17. The molecule has 0 unspecified atom stereocenters. The highest BCUT2D eigenvalue weighted by atomic mass is 32.1. The molecule has 24 heavy (non-hydrogen) atoms. The Labute approximate surface area is 146 Å². The molecule has 0 saturated carbocycles. The molecule has 0 N–H and O–H groups in total. The molecule has 0 bridgehead atoms. The molecule has 2 aromatic rings. The highest BCUT2D eigenvalue weighted by molar-refractivity contribution is 7.13. The van der Waals surface area contributed by atoms with E-state index in [4.69, 9.17) is 9.47 Å². The minimum absolute atomic E-state index is 0.0739. The molecule has 0 atom stereocenters. The van der Waals surface area contributed by atoms with E-state index in [0.717, 1.165) is 27.8 Å². The molecular weight excluding hydrogens is 326 g/mol. The molecule has 0 fully saturated rings. The van der Waals surface area contributed by atoms with E-state index < -0.39 is 0 Å². The van der Waals surface area contributed by atoms with Crippen LogP contribution in [0, 0.1) is 0 Å². The van der Waals surface area contributed by atoms with Gasteiger partial charge in [-0.15, -0.1) is 11.3 Å². The molecule has 1 amide bonds. The van der Waals surface area contributed by atoms with Crippen LogP contribution in [-0.2, 0) is 11.3 Å². The molecule has 0 spiro atoms. The lowest BCUT2D eigenvalue weighted by Crippen LogP contribution is -2.34. The van der Waals surface area contributed by atoms with E-state index in [2.05, 4.69) is 4.98 Å². The first-order valence-corrected chi connectivity index (χ1v) is 8.38. The largest absolute Gasteiger partial charge is 0.497 e. The molecule has 7 heteroatoms. The van der Waals surface area contributed by atoms with Crippen molar-refractivity contribution in [2.24, 2.45) is 0 Å². The van der Waals surface area contributed by atoms with E-state index in [0.29, 0.717) is 13.1 Å². The van der Waals surface area contributed by atoms with Crippen LogP contribution in [0.4, 0.5) is 0 Å². The number of hydrogen-bond donors (Lipinski definition) is 0. The van der Waals surface area contributed by atoms with Crippen LogP contribution in [0.2, 0.25) is 0 Å². The SMILES string of the molecule is COc1ccc(-c2nc(CN(C)CC(=O)N(C)C)cs2)c(OC)c1. The normalized spacial score (nSPS) is 10.8. The Morgan fingerprint density at radius 2 is 1.96 bits per heavy atom. The third-order valence-corrected chi connectivity index (χ3v) is 4.45. The molecule has 130 valence electrons. The summed E-state index contributed by atoms with van der Waals surface area (Å²) in [5.41, 5.74) is 1.86. The van der Waals surface area contributed by atoms with Gasteiger partial charge in [0.05, 0.1) is 32.0 Å². The summed E-state index contributed by atoms with van der Waals surface area (Å²) in [4.78, 5) is 20.0. The van der Waals surface area contributed by atoms with E-state index in [1.807, 2.05) is 35.5 Å². The molecule has 1 heterocycles. The van der Waals surface area contributed by atoms with Crippen molar-refractivity contribution >= 4 is 17.2 Å². The van der Waals surface area contributed by atoms with Crippen LogP contribution >= 0.6 is 11.3 Å². The van der Waals surface area contributed by atoms with Gasteiger partial charge in [0.1, 0.15) is 16.5 Å². The van der Waals surface area contributed by atoms with Crippen molar-refractivity contribution in [1.82, 2.24) is 14.8 Å². The first kappa shape index (κ1) is 18.2. The first-order valence-electron chi connectivity index (χ1n) is 7.50. The summed E-state index contributed by atoms with van der Waals surface area (Å²) in [5, 5.41) is 2.90. The number of nitrogens with zero attached hydrogens (tertiary/aromatic N) is 3. The summed E-state index contributed by atoms with van der Waals surface area (Å²) in [7, 11) is 8.68. The molecule has 0 aliphatic rings. The summed E-state index contributed by atoms with van der Waals surface area (Å²) in [6, 6.07) is 5.68. The van der Waals surface area contributed by atoms with Crippen molar-refractivity contribution in [3.05, 3.63) is 29.3 Å². The van der Waals surface area contributed by atoms with Crippen molar-refractivity contribution in [2.75, 3.05) is 41.9 Å². The molecule has 1 aromatic carbocycles. The fourth-order valence-corrected chi connectivity index (χ4v) is 3.02. The number of ether oxygens (including phenoxy) is 2. The number of methoxy groups -OCH3 is 2. The Hall–Kier alpha value is -2.12. The molecule has 6 nitrogen and oxygen atoms in total. The fraction of sp³-hybridized carbons (Fsp3) is 0.412. The van der Waals surface area contributed by atoms with Gasteiger partial charge in [-0.3, -0.25) is 9.69 Å². The van der Waals surface area contributed by atoms with Crippen LogP contribution in [0.5, 0.6) is 11.5 Å². The van der Waals surface area contributed by atoms with Gasteiger partial charge in [-0.25, -0.2) is 4.98 Å². The van der Waals surface area contributed by atoms with Crippen LogP contribution in [0.1, 0.15) is 5.69 Å². The molecule has 2 rings (SSSR count). The van der Waals surface area contributed by atoms with Gasteiger partial charge in [0.15, 0.2) is 0 Å². The second-order valence-electron chi connectivity index (χ2n) is 5.67. The zero-order valence-corrected chi connectivity index (χ0v) is 15.5. The summed E-state index contributed by atoms with van der Waals surface area (Å²) in [6.07, 6.45) is 0. The number of benzene rings is 1. The topological polar surface area (TPSA) is 54.9 Å². The Morgan fingerprint density at radius 3 is 2.58 bits per heavy atom. The number of carbonyl (C=O) groups is 1. The van der Waals surface area contributed by atoms with Gasteiger partial charge < -0.3 is 14.4 Å². The Bertz CT molecular complexity index is 700. The van der Waals surface area contributed by atoms with E-state index in [1.165, 1.54) is 0 Å². The predicted molar refractivity (Wildman–Crippen MR) is 95.7 cm³/mol. The third kappa shape index (κ3) is 4.46. The molecule has 0 radical (unpaired) electrons. The monoisotopic (exact) mass is 349 g/mol. The van der Waals surface area contributed by atoms with Gasteiger partial charge in [0, 0.05) is 32.1 Å². The molecule has 0 saturated heterocycles. The van der Waals surface area contributed by atoms with Gasteiger partial charge >= 0.3 is 0 Å². The number of amides is 1. The predicted octanol–water partition coefficient (Wildman–Crippen LogP) is 2.35. The Kier molecular flexibility index (Phi) is 6.16. The lowest BCUT2D eigenvalue weighted by molar-refractivity contribution is -0.129. The van der Waals surface area contributed by atoms with Crippen molar-refractivity contribution in [1.29, 1.82) is 0 Å². The zero-order valence-electron chi connectivity index (χ0n) is 14.7. The van der Waals surface area contributed by atoms with Crippen LogP contribution < -0.4 is 9.47 Å². The minimum Gasteiger partial charge on any atom is -0.497 e. The quantitative estimate of drug-likeness (QED) is 0.768. The number of rotatable bonds is 7. The average Bonchev–Trinajstić information content (AvgIpc) is 3.01. The van der Waals surface area contributed by atoms with Crippen molar-refractivity contribution in [3.63, 3.8) is 0 Å². The lowest BCUT2D eigenvalue weighted by atomic mass is 10.2. The smallest absolute Gasteiger partial charge is 0.236 e. The second kappa shape index (κ2) is 8.12. The van der Waals surface area contributed by atoms with Gasteiger partial charge in [0.25, 0.3) is 0 Å². The Morgan fingerprint density at radius 1 is 1.21 bits per heavy atom. The number of thiazole rings is 1. The van der Waals surface area contributed by atoms with Crippen LogP contribution in [-0.4, -0.2) is 62.6 Å². The third-order valence-electron chi connectivity index (χ3n) is 3.53. The highest BCUT2D eigenvalue weighted by Crippen LogP contribution is 2.35. The van der Waals surface area contributed by atoms with Gasteiger partial charge in [-0.1, -0.05) is 0 Å². The van der Waals surface area contributed by atoms with Crippen molar-refractivity contribution in [2.45, 2.75) is 6.54 Å². The molecule has 0 aliphatic heterocycles. The average molecular weight is 349 g/mol. The van der Waals surface area contributed by atoms with Gasteiger partial charge in [0.2, 0.25) is 5.91 Å². The molecule has 1 aromatic heterocycles. The van der Waals surface area contributed by atoms with E-state index >= 15 is 0 Å². The summed E-state index contributed by atoms with van der Waals surface area (Å²) >= 11 is 1.56. The zero-order chi connectivity index (χ0) is 17.7. The fourth-order valence-electron chi connectivity index (χ4n) is 2.18. The molecule has 0 aliphatic carbocycles. The van der Waals surface area contributed by atoms with Gasteiger partial charge in [-0.05, 0) is 19.2 Å². The van der Waals surface area contributed by atoms with Crippen LogP contribution in [0.3, 0.4) is 0 Å². The number of likely N-dealkylation sites (N-methyl/N-ethyl adjacent to an activating group) is 2. The van der Waals surface area contributed by atoms with E-state index in [1.54, 1.807) is 44.6 Å². The second-order valence-corrected chi connectivity index (χ2v) is 6.53. The summed E-state index contributed by atoms with van der Waals surface area (Å²) in [6.45, 7) is 0.986. The summed E-state index contributed by atoms with van der Waals surface area (Å²) < 4.78 is 10.7. The number of aromatic nitrogens is 1. The maximum Gasteiger partial charge on any atom is 0.236 e.